The molecule has 0 aliphatic carbocycles. The van der Waals surface area contributed by atoms with E-state index in [1.54, 1.807) is 43.0 Å². The van der Waals surface area contributed by atoms with Gasteiger partial charge in [0.05, 0.1) is 11.9 Å². The molecule has 8 heteroatoms. The van der Waals surface area contributed by atoms with E-state index in [1.165, 1.54) is 5.56 Å². The van der Waals surface area contributed by atoms with Gasteiger partial charge in [0.25, 0.3) is 0 Å². The minimum absolute atomic E-state index is 0.313. The number of thioether (sulfide) groups is 1. The maximum atomic E-state index is 12.7. The fourth-order valence-electron chi connectivity index (χ4n) is 2.74. The molecule has 0 saturated heterocycles. The topological polar surface area (TPSA) is 66.5 Å². The second kappa shape index (κ2) is 10.2. The fraction of sp³-hybridized carbons (Fsp3) is 0.350. The Morgan fingerprint density at radius 3 is 2.29 bits per heavy atom. The molecule has 0 fully saturated rings. The van der Waals surface area contributed by atoms with Crippen molar-refractivity contribution in [2.75, 3.05) is 22.9 Å². The maximum Gasteiger partial charge on any atom is 0.243 e. The molecule has 0 radical (unpaired) electrons. The summed E-state index contributed by atoms with van der Waals surface area (Å²) < 4.78 is 25.9. The molecule has 5 nitrogen and oxygen atoms in total. The van der Waals surface area contributed by atoms with Crippen LogP contribution < -0.4 is 9.62 Å². The van der Waals surface area contributed by atoms with Crippen LogP contribution in [0.3, 0.4) is 0 Å². The third kappa shape index (κ3) is 6.43. The van der Waals surface area contributed by atoms with Crippen LogP contribution in [-0.4, -0.2) is 38.9 Å². The molecule has 1 atom stereocenters. The molecule has 28 heavy (non-hydrogen) atoms. The Hall–Kier alpha value is -1.70. The summed E-state index contributed by atoms with van der Waals surface area (Å²) in [5, 5.41) is 3.36. The molecule has 0 aromatic heterocycles. The third-order valence-corrected chi connectivity index (χ3v) is 6.55. The van der Waals surface area contributed by atoms with E-state index in [2.05, 4.69) is 5.32 Å². The van der Waals surface area contributed by atoms with Crippen molar-refractivity contribution < 1.29 is 13.2 Å². The summed E-state index contributed by atoms with van der Waals surface area (Å²) in [6.07, 6.45) is 1.46. The van der Waals surface area contributed by atoms with Gasteiger partial charge in [-0.05, 0) is 49.7 Å². The second-order valence-electron chi connectivity index (χ2n) is 6.41. The Morgan fingerprint density at radius 2 is 1.75 bits per heavy atom. The van der Waals surface area contributed by atoms with Crippen molar-refractivity contribution in [2.24, 2.45) is 0 Å². The van der Waals surface area contributed by atoms with Crippen molar-refractivity contribution in [3.05, 3.63) is 59.1 Å². The predicted molar refractivity (Wildman–Crippen MR) is 118 cm³/mol. The van der Waals surface area contributed by atoms with E-state index in [9.17, 15) is 13.2 Å². The van der Waals surface area contributed by atoms with Crippen molar-refractivity contribution in [1.82, 2.24) is 5.32 Å². The first-order chi connectivity index (χ1) is 13.2. The Labute approximate surface area is 176 Å². The zero-order valence-electron chi connectivity index (χ0n) is 16.2. The molecule has 2 aromatic carbocycles. The lowest BCUT2D eigenvalue weighted by Crippen LogP contribution is -2.49. The van der Waals surface area contributed by atoms with Gasteiger partial charge in [-0.25, -0.2) is 8.42 Å². The number of hydrogen-bond donors (Lipinski definition) is 1. The van der Waals surface area contributed by atoms with E-state index >= 15 is 0 Å². The summed E-state index contributed by atoms with van der Waals surface area (Å²) in [5.74, 6) is 0.387. The van der Waals surface area contributed by atoms with Gasteiger partial charge in [0.1, 0.15) is 6.04 Å². The molecule has 0 aliphatic heterocycles. The number of anilines is 1. The van der Waals surface area contributed by atoms with Crippen LogP contribution in [0.15, 0.2) is 53.4 Å². The molecule has 0 heterocycles. The van der Waals surface area contributed by atoms with Crippen molar-refractivity contribution in [3.8, 4) is 0 Å². The molecular weight excluding hydrogens is 416 g/mol. The molecule has 2 rings (SSSR count). The van der Waals surface area contributed by atoms with Crippen LogP contribution in [0.2, 0.25) is 5.02 Å². The largest absolute Gasteiger partial charge is 0.353 e. The van der Waals surface area contributed by atoms with E-state index in [-0.39, 0.29) is 5.91 Å². The number of rotatable bonds is 9. The molecule has 0 spiro atoms. The zero-order valence-corrected chi connectivity index (χ0v) is 18.6. The van der Waals surface area contributed by atoms with Crippen LogP contribution in [0.1, 0.15) is 18.9 Å². The maximum absolute atomic E-state index is 12.7. The minimum atomic E-state index is -3.64. The van der Waals surface area contributed by atoms with Gasteiger partial charge in [-0.3, -0.25) is 9.10 Å². The number of carbonyl (C=O) groups is 1. The molecule has 0 unspecified atom stereocenters. The van der Waals surface area contributed by atoms with Crippen LogP contribution in [0.25, 0.3) is 0 Å². The van der Waals surface area contributed by atoms with Gasteiger partial charge in [0.2, 0.25) is 15.9 Å². The number of nitrogens with zero attached hydrogens (tertiary/aromatic N) is 1. The van der Waals surface area contributed by atoms with Gasteiger partial charge >= 0.3 is 0 Å². The van der Waals surface area contributed by atoms with Crippen molar-refractivity contribution in [3.63, 3.8) is 0 Å². The van der Waals surface area contributed by atoms with E-state index in [0.717, 1.165) is 15.5 Å². The first-order valence-corrected chi connectivity index (χ1v) is 12.2. The van der Waals surface area contributed by atoms with Gasteiger partial charge in [-0.15, -0.1) is 11.8 Å². The van der Waals surface area contributed by atoms with Crippen LogP contribution in [-0.2, 0) is 14.8 Å². The Balaban J connectivity index is 2.02. The third-order valence-electron chi connectivity index (χ3n) is 4.10. The zero-order chi connectivity index (χ0) is 20.7. The second-order valence-corrected chi connectivity index (χ2v) is 9.88. The van der Waals surface area contributed by atoms with Crippen LogP contribution >= 0.6 is 23.4 Å². The SMILES string of the molecule is CC[C@H](C(=O)NCCSc1ccc(C)cc1)N(c1ccc(Cl)cc1)S(C)(=O)=O. The normalized spacial score (nSPS) is 12.4. The average molecular weight is 441 g/mol. The first-order valence-electron chi connectivity index (χ1n) is 8.94. The quantitative estimate of drug-likeness (QED) is 0.471. The Bertz CT molecular complexity index is 885. The van der Waals surface area contributed by atoms with Crippen molar-refractivity contribution >= 4 is 45.0 Å². The smallest absolute Gasteiger partial charge is 0.243 e. The summed E-state index contributed by atoms with van der Waals surface area (Å²) in [5.41, 5.74) is 1.62. The van der Waals surface area contributed by atoms with E-state index < -0.39 is 16.1 Å². The van der Waals surface area contributed by atoms with Gasteiger partial charge < -0.3 is 5.32 Å². The molecule has 0 aliphatic rings. The van der Waals surface area contributed by atoms with Gasteiger partial charge in [0, 0.05) is 22.2 Å². The number of sulfonamides is 1. The van der Waals surface area contributed by atoms with Crippen molar-refractivity contribution in [1.29, 1.82) is 0 Å². The summed E-state index contributed by atoms with van der Waals surface area (Å²) in [4.78, 5) is 13.8. The molecule has 152 valence electrons. The highest BCUT2D eigenvalue weighted by Gasteiger charge is 2.31. The van der Waals surface area contributed by atoms with Crippen LogP contribution in [0, 0.1) is 6.92 Å². The van der Waals surface area contributed by atoms with E-state index in [1.807, 2.05) is 31.2 Å². The number of aryl methyl sites for hydroxylation is 1. The van der Waals surface area contributed by atoms with Crippen LogP contribution in [0.4, 0.5) is 5.69 Å². The Morgan fingerprint density at radius 1 is 1.14 bits per heavy atom. The van der Waals surface area contributed by atoms with Gasteiger partial charge in [0.15, 0.2) is 0 Å². The van der Waals surface area contributed by atoms with Gasteiger partial charge in [-0.2, -0.15) is 0 Å². The monoisotopic (exact) mass is 440 g/mol. The summed E-state index contributed by atoms with van der Waals surface area (Å²) in [6.45, 7) is 4.28. The molecule has 1 amide bonds. The van der Waals surface area contributed by atoms with E-state index in [0.29, 0.717) is 29.4 Å². The molecule has 2 aromatic rings. The highest BCUT2D eigenvalue weighted by atomic mass is 35.5. The number of carbonyl (C=O) groups excluding carboxylic acids is 1. The lowest BCUT2D eigenvalue weighted by molar-refractivity contribution is -0.122. The van der Waals surface area contributed by atoms with Crippen LogP contribution in [0.5, 0.6) is 0 Å². The summed E-state index contributed by atoms with van der Waals surface area (Å²) >= 11 is 7.54. The number of hydrogen-bond acceptors (Lipinski definition) is 4. The molecular formula is C20H25ClN2O3S2. The highest BCUT2D eigenvalue weighted by molar-refractivity contribution is 7.99. The first kappa shape index (κ1) is 22.6. The summed E-state index contributed by atoms with van der Waals surface area (Å²) in [7, 11) is -3.64. The number of nitrogens with one attached hydrogen (secondary N) is 1. The lowest BCUT2D eigenvalue weighted by Gasteiger charge is -2.30. The lowest BCUT2D eigenvalue weighted by atomic mass is 10.2. The molecule has 0 saturated carbocycles. The minimum Gasteiger partial charge on any atom is -0.353 e. The number of halogens is 1. The van der Waals surface area contributed by atoms with Gasteiger partial charge in [-0.1, -0.05) is 36.2 Å². The number of benzene rings is 2. The highest BCUT2D eigenvalue weighted by Crippen LogP contribution is 2.24. The average Bonchev–Trinajstić information content (AvgIpc) is 2.64. The standard InChI is InChI=1S/C20H25ClN2O3S2/c1-4-19(23(28(3,25)26)17-9-7-16(21)8-10-17)20(24)22-13-14-27-18-11-5-15(2)6-12-18/h5-12,19H,4,13-14H2,1-3H3,(H,22,24)/t19-/m1/s1. The molecule has 1 N–H and O–H groups in total. The Kier molecular flexibility index (Phi) is 8.22. The van der Waals surface area contributed by atoms with E-state index in [4.69, 9.17) is 11.6 Å². The summed E-state index contributed by atoms with van der Waals surface area (Å²) in [6, 6.07) is 13.8. The molecule has 0 bridgehead atoms. The number of amides is 1. The predicted octanol–water partition coefficient (Wildman–Crippen LogP) is 4.10. The van der Waals surface area contributed by atoms with Crippen molar-refractivity contribution in [2.45, 2.75) is 31.2 Å². The fourth-order valence-corrected chi connectivity index (χ4v) is 4.85.